The number of amides is 3. The molecule has 4 N–H and O–H groups in total. The first kappa shape index (κ1) is 33.2. The topological polar surface area (TPSA) is 126 Å². The monoisotopic (exact) mass is 647 g/mol. The van der Waals surface area contributed by atoms with Gasteiger partial charge in [-0.05, 0) is 56.5 Å². The van der Waals surface area contributed by atoms with Crippen LogP contribution in [0.5, 0.6) is 5.75 Å². The molecule has 244 valence electrons. The van der Waals surface area contributed by atoms with E-state index in [1.807, 2.05) is 60.7 Å². The van der Waals surface area contributed by atoms with Crippen molar-refractivity contribution in [2.75, 3.05) is 50.5 Å². The first-order valence-corrected chi connectivity index (χ1v) is 16.2. The van der Waals surface area contributed by atoms with Crippen LogP contribution in [0, 0.1) is 5.92 Å². The third-order valence-corrected chi connectivity index (χ3v) is 9.05. The number of nitrogens with zero attached hydrogens (tertiary/aromatic N) is 2. The van der Waals surface area contributed by atoms with E-state index in [0.29, 0.717) is 54.5 Å². The molecule has 0 spiro atoms. The van der Waals surface area contributed by atoms with Gasteiger partial charge in [0.1, 0.15) is 11.9 Å². The van der Waals surface area contributed by atoms with Gasteiger partial charge in [0, 0.05) is 55.7 Å². The van der Waals surface area contributed by atoms with Gasteiger partial charge < -0.3 is 25.4 Å². The van der Waals surface area contributed by atoms with Crippen molar-refractivity contribution < 1.29 is 23.9 Å². The number of primary amides is 1. The molecule has 0 bridgehead atoms. The fourth-order valence-electron chi connectivity index (χ4n) is 6.10. The molecule has 0 saturated carbocycles. The summed E-state index contributed by atoms with van der Waals surface area (Å²) in [6.45, 7) is 4.21. The molecule has 2 saturated heterocycles. The Morgan fingerprint density at radius 2 is 1.54 bits per heavy atom. The summed E-state index contributed by atoms with van der Waals surface area (Å²) in [6, 6.07) is 21.2. The van der Waals surface area contributed by atoms with Crippen molar-refractivity contribution in [2.45, 2.75) is 44.8 Å². The predicted octanol–water partition coefficient (Wildman–Crippen LogP) is 5.75. The number of rotatable bonds is 11. The van der Waals surface area contributed by atoms with E-state index < -0.39 is 6.09 Å². The van der Waals surface area contributed by atoms with Gasteiger partial charge in [0.2, 0.25) is 11.8 Å². The summed E-state index contributed by atoms with van der Waals surface area (Å²) in [5.41, 5.74) is 9.54. The van der Waals surface area contributed by atoms with Crippen molar-refractivity contribution in [3.8, 4) is 16.9 Å². The molecule has 0 atom stereocenters. The third kappa shape index (κ3) is 8.99. The number of benzene rings is 3. The average Bonchev–Trinajstić information content (AvgIpc) is 3.06. The molecular formula is C35H42ClN5O5. The minimum absolute atomic E-state index is 0.0698. The number of carbonyl (C=O) groups excluding carboxylic acids is 3. The number of anilines is 2. The van der Waals surface area contributed by atoms with Crippen molar-refractivity contribution in [1.29, 1.82) is 0 Å². The Hall–Kier alpha value is -4.12. The highest BCUT2D eigenvalue weighted by atomic mass is 35.5. The molecule has 3 aromatic rings. The maximum absolute atomic E-state index is 12.8. The van der Waals surface area contributed by atoms with Crippen molar-refractivity contribution in [3.05, 3.63) is 77.3 Å². The Kier molecular flexibility index (Phi) is 11.5. The molecule has 2 fully saturated rings. The Morgan fingerprint density at radius 3 is 2.24 bits per heavy atom. The van der Waals surface area contributed by atoms with Crippen LogP contribution in [0.15, 0.2) is 66.7 Å². The summed E-state index contributed by atoms with van der Waals surface area (Å²) in [5.74, 6) is 0.200. The van der Waals surface area contributed by atoms with Crippen LogP contribution in [0.25, 0.3) is 11.1 Å². The van der Waals surface area contributed by atoms with Crippen LogP contribution < -0.4 is 21.1 Å². The summed E-state index contributed by atoms with van der Waals surface area (Å²) in [7, 11) is 1.60. The molecule has 5 rings (SSSR count). The summed E-state index contributed by atoms with van der Waals surface area (Å²) in [6.07, 6.45) is 2.52. The highest BCUT2D eigenvalue weighted by Crippen LogP contribution is 2.33. The predicted molar refractivity (Wildman–Crippen MR) is 180 cm³/mol. The zero-order chi connectivity index (χ0) is 32.5. The normalized spacial score (nSPS) is 16.5. The first-order chi connectivity index (χ1) is 22.3. The lowest BCUT2D eigenvalue weighted by molar-refractivity contribution is -0.123. The number of methoxy groups -OCH3 is 1. The summed E-state index contributed by atoms with van der Waals surface area (Å²) >= 11 is 6.58. The standard InChI is InChI=1S/C35H42ClN5O5/c1-45-32-22-31(29(36)21-26(32)23-41-16-11-25(12-17-41)34(37)43)38-33(42)15-20-40-18-13-27(14-19-40)46-35(44)39-30-10-6-5-9-28(30)24-7-3-2-4-8-24/h2-10,21-22,25,27H,11-20,23H2,1H3,(H2,37,43)(H,38,42)(H,39,44). The molecule has 3 aromatic carbocycles. The van der Waals surface area contributed by atoms with E-state index >= 15 is 0 Å². The van der Waals surface area contributed by atoms with E-state index in [9.17, 15) is 14.4 Å². The SMILES string of the molecule is COc1cc(NC(=O)CCN2CCC(OC(=O)Nc3ccccc3-c3ccccc3)CC2)c(Cl)cc1CN1CCC(C(N)=O)CC1. The van der Waals surface area contributed by atoms with Crippen LogP contribution in [-0.4, -0.2) is 73.6 Å². The number of likely N-dealkylation sites (tertiary alicyclic amines) is 2. The van der Waals surface area contributed by atoms with Crippen LogP contribution in [0.2, 0.25) is 5.02 Å². The van der Waals surface area contributed by atoms with Gasteiger partial charge in [0.25, 0.3) is 0 Å². The molecule has 0 radical (unpaired) electrons. The fraction of sp³-hybridized carbons (Fsp3) is 0.400. The molecule has 3 amide bonds. The second-order valence-electron chi connectivity index (χ2n) is 11.9. The smallest absolute Gasteiger partial charge is 0.411 e. The summed E-state index contributed by atoms with van der Waals surface area (Å²) in [4.78, 5) is 41.5. The molecule has 2 heterocycles. The number of piperidine rings is 2. The van der Waals surface area contributed by atoms with Crippen LogP contribution in [0.4, 0.5) is 16.2 Å². The molecule has 0 aliphatic carbocycles. The van der Waals surface area contributed by atoms with Gasteiger partial charge in [-0.1, -0.05) is 60.1 Å². The minimum Gasteiger partial charge on any atom is -0.496 e. The molecule has 2 aliphatic heterocycles. The Morgan fingerprint density at radius 1 is 0.870 bits per heavy atom. The minimum atomic E-state index is -0.466. The van der Waals surface area contributed by atoms with E-state index in [-0.39, 0.29) is 23.8 Å². The lowest BCUT2D eigenvalue weighted by Gasteiger charge is -2.31. The zero-order valence-corrected chi connectivity index (χ0v) is 26.9. The van der Waals surface area contributed by atoms with Gasteiger partial charge in [-0.15, -0.1) is 0 Å². The Labute approximate surface area is 275 Å². The number of ether oxygens (including phenoxy) is 2. The van der Waals surface area contributed by atoms with Crippen molar-refractivity contribution >= 4 is 40.9 Å². The van der Waals surface area contributed by atoms with Crippen molar-refractivity contribution in [2.24, 2.45) is 11.7 Å². The molecule has 10 nitrogen and oxygen atoms in total. The number of carbonyl (C=O) groups is 3. The number of hydrogen-bond acceptors (Lipinski definition) is 7. The molecule has 0 aromatic heterocycles. The van der Waals surface area contributed by atoms with Gasteiger partial charge in [0.05, 0.1) is 23.5 Å². The molecule has 2 aliphatic rings. The number of nitrogens with two attached hydrogens (primary N) is 1. The maximum atomic E-state index is 12.8. The quantitative estimate of drug-likeness (QED) is 0.242. The fourth-order valence-corrected chi connectivity index (χ4v) is 6.33. The average molecular weight is 648 g/mol. The Balaban J connectivity index is 1.05. The maximum Gasteiger partial charge on any atom is 0.411 e. The number of para-hydroxylation sites is 1. The van der Waals surface area contributed by atoms with E-state index in [1.54, 1.807) is 13.2 Å². The zero-order valence-electron chi connectivity index (χ0n) is 26.2. The molecule has 46 heavy (non-hydrogen) atoms. The van der Waals surface area contributed by atoms with E-state index in [2.05, 4.69) is 20.4 Å². The van der Waals surface area contributed by atoms with Gasteiger partial charge in [-0.2, -0.15) is 0 Å². The van der Waals surface area contributed by atoms with Gasteiger partial charge in [-0.3, -0.25) is 19.8 Å². The van der Waals surface area contributed by atoms with Crippen molar-refractivity contribution in [1.82, 2.24) is 9.80 Å². The van der Waals surface area contributed by atoms with E-state index in [0.717, 1.165) is 55.7 Å². The van der Waals surface area contributed by atoms with Crippen molar-refractivity contribution in [3.63, 3.8) is 0 Å². The lowest BCUT2D eigenvalue weighted by Crippen LogP contribution is -2.39. The largest absolute Gasteiger partial charge is 0.496 e. The molecule has 0 unspecified atom stereocenters. The molecule has 11 heteroatoms. The van der Waals surface area contributed by atoms with Crippen LogP contribution >= 0.6 is 11.6 Å². The first-order valence-electron chi connectivity index (χ1n) is 15.8. The van der Waals surface area contributed by atoms with Crippen LogP contribution in [0.3, 0.4) is 0 Å². The summed E-state index contributed by atoms with van der Waals surface area (Å²) < 4.78 is 11.4. The number of halogens is 1. The second kappa shape index (κ2) is 15.9. The van der Waals surface area contributed by atoms with E-state index in [1.165, 1.54) is 0 Å². The lowest BCUT2D eigenvalue weighted by atomic mass is 9.96. The van der Waals surface area contributed by atoms with Gasteiger partial charge >= 0.3 is 6.09 Å². The second-order valence-corrected chi connectivity index (χ2v) is 12.3. The highest BCUT2D eigenvalue weighted by Gasteiger charge is 2.25. The highest BCUT2D eigenvalue weighted by molar-refractivity contribution is 6.33. The van der Waals surface area contributed by atoms with Crippen LogP contribution in [0.1, 0.15) is 37.7 Å². The Bertz CT molecular complexity index is 1500. The van der Waals surface area contributed by atoms with E-state index in [4.69, 9.17) is 26.8 Å². The summed E-state index contributed by atoms with van der Waals surface area (Å²) in [5, 5.41) is 6.28. The number of nitrogens with one attached hydrogen (secondary N) is 2. The third-order valence-electron chi connectivity index (χ3n) is 8.74. The number of hydrogen-bond donors (Lipinski definition) is 3. The van der Waals surface area contributed by atoms with Crippen LogP contribution in [-0.2, 0) is 20.9 Å². The van der Waals surface area contributed by atoms with Gasteiger partial charge in [-0.25, -0.2) is 4.79 Å². The molecular weight excluding hydrogens is 606 g/mol. The van der Waals surface area contributed by atoms with Gasteiger partial charge in [0.15, 0.2) is 0 Å².